The summed E-state index contributed by atoms with van der Waals surface area (Å²) < 4.78 is 48.8. The number of rotatable bonds is 4. The van der Waals surface area contributed by atoms with Crippen molar-refractivity contribution in [3.63, 3.8) is 0 Å². The van der Waals surface area contributed by atoms with Gasteiger partial charge in [-0.05, 0) is 41.5 Å². The number of aromatic nitrogens is 3. The summed E-state index contributed by atoms with van der Waals surface area (Å²) in [7, 11) is 0. The van der Waals surface area contributed by atoms with E-state index in [1.165, 1.54) is 6.07 Å². The summed E-state index contributed by atoms with van der Waals surface area (Å²) in [5.74, 6) is 0.604. The van der Waals surface area contributed by atoms with Crippen LogP contribution < -0.4 is 0 Å². The molecule has 8 rings (SSSR count). The van der Waals surface area contributed by atoms with Gasteiger partial charge in [0.1, 0.15) is 17.1 Å². The molecule has 3 aromatic heterocycles. The first-order valence-electron chi connectivity index (χ1n) is 14.1. The van der Waals surface area contributed by atoms with Crippen molar-refractivity contribution in [2.45, 2.75) is 6.18 Å². The van der Waals surface area contributed by atoms with Crippen LogP contribution in [-0.2, 0) is 6.18 Å². The quantitative estimate of drug-likeness (QED) is 0.208. The van der Waals surface area contributed by atoms with E-state index in [-0.39, 0.29) is 5.71 Å². The van der Waals surface area contributed by atoms with Crippen LogP contribution in [0.2, 0.25) is 0 Å². The summed E-state index contributed by atoms with van der Waals surface area (Å²) in [6, 6.07) is 42.5. The molecule has 0 amide bonds. The van der Waals surface area contributed by atoms with Crippen LogP contribution in [0.5, 0.6) is 0 Å². The van der Waals surface area contributed by atoms with Crippen LogP contribution in [0, 0.1) is 0 Å². The lowest BCUT2D eigenvalue weighted by Crippen LogP contribution is -2.07. The van der Waals surface area contributed by atoms with Crippen LogP contribution in [0.15, 0.2) is 138 Å². The number of benzene rings is 5. The van der Waals surface area contributed by atoms with Gasteiger partial charge in [0.2, 0.25) is 5.71 Å². The van der Waals surface area contributed by atoms with Crippen molar-refractivity contribution in [3.05, 3.63) is 139 Å². The lowest BCUT2D eigenvalue weighted by molar-refractivity contribution is -0.141. The normalized spacial score (nSPS) is 12.0. The zero-order chi connectivity index (χ0) is 29.8. The van der Waals surface area contributed by atoms with Gasteiger partial charge < -0.3 is 4.42 Å². The molecule has 44 heavy (non-hydrogen) atoms. The van der Waals surface area contributed by atoms with Gasteiger partial charge in [-0.25, -0.2) is 9.97 Å². The number of nitrogens with zero attached hydrogens (tertiary/aromatic N) is 3. The van der Waals surface area contributed by atoms with Gasteiger partial charge in [-0.3, -0.25) is 4.57 Å². The number of imidazole rings is 1. The van der Waals surface area contributed by atoms with E-state index >= 15 is 0 Å². The van der Waals surface area contributed by atoms with Crippen molar-refractivity contribution in [1.29, 1.82) is 0 Å². The molecule has 0 bridgehead atoms. The smallest absolute Gasteiger partial charge is 0.433 e. The van der Waals surface area contributed by atoms with Crippen LogP contribution in [-0.4, -0.2) is 14.5 Å². The molecule has 0 aliphatic heterocycles. The Morgan fingerprint density at radius 1 is 0.545 bits per heavy atom. The Bertz CT molecular complexity index is 2260. The fraction of sp³-hybridized carbons (Fsp3) is 0.0270. The molecule has 4 nitrogen and oxygen atoms in total. The molecule has 0 aliphatic carbocycles. The van der Waals surface area contributed by atoms with E-state index in [0.717, 1.165) is 45.0 Å². The Balaban J connectivity index is 1.48. The van der Waals surface area contributed by atoms with E-state index in [1.54, 1.807) is 0 Å². The van der Waals surface area contributed by atoms with Crippen molar-refractivity contribution < 1.29 is 17.6 Å². The maximum absolute atomic E-state index is 13.5. The molecule has 7 heteroatoms. The van der Waals surface area contributed by atoms with Crippen molar-refractivity contribution in [2.75, 3.05) is 0 Å². The maximum atomic E-state index is 13.5. The summed E-state index contributed by atoms with van der Waals surface area (Å²) in [6.45, 7) is 0. The minimum absolute atomic E-state index is 0.0698. The first-order chi connectivity index (χ1) is 21.5. The number of fused-ring (bicyclic) bond motifs is 4. The zero-order valence-corrected chi connectivity index (χ0v) is 23.1. The first kappa shape index (κ1) is 26.0. The number of hydrogen-bond donors (Lipinski definition) is 0. The highest BCUT2D eigenvalue weighted by Gasteiger charge is 2.33. The highest BCUT2D eigenvalue weighted by atomic mass is 19.4. The average molecular weight is 582 g/mol. The molecule has 0 spiro atoms. The third kappa shape index (κ3) is 4.16. The molecule has 0 fully saturated rings. The van der Waals surface area contributed by atoms with Crippen LogP contribution in [0.1, 0.15) is 5.69 Å². The van der Waals surface area contributed by atoms with Gasteiger partial charge in [0.15, 0.2) is 0 Å². The Morgan fingerprint density at radius 2 is 1.16 bits per heavy atom. The molecule has 8 aromatic rings. The van der Waals surface area contributed by atoms with Gasteiger partial charge in [-0.15, -0.1) is 0 Å². The van der Waals surface area contributed by atoms with Gasteiger partial charge in [-0.2, -0.15) is 13.2 Å². The number of halogens is 3. The second-order valence-electron chi connectivity index (χ2n) is 10.5. The van der Waals surface area contributed by atoms with Gasteiger partial charge >= 0.3 is 6.18 Å². The van der Waals surface area contributed by atoms with Crippen molar-refractivity contribution in [3.8, 4) is 39.3 Å². The van der Waals surface area contributed by atoms with Crippen molar-refractivity contribution in [1.82, 2.24) is 14.5 Å². The van der Waals surface area contributed by atoms with Crippen molar-refractivity contribution >= 4 is 33.1 Å². The summed E-state index contributed by atoms with van der Waals surface area (Å²) in [4.78, 5) is 8.94. The average Bonchev–Trinajstić information content (AvgIpc) is 3.63. The predicted molar refractivity (Wildman–Crippen MR) is 167 cm³/mol. The predicted octanol–water partition coefficient (Wildman–Crippen LogP) is 10.3. The highest BCUT2D eigenvalue weighted by molar-refractivity contribution is 6.09. The molecule has 5 aromatic carbocycles. The number of hydrogen-bond acceptors (Lipinski definition) is 3. The first-order valence-corrected chi connectivity index (χ1v) is 14.1. The number of pyridine rings is 1. The minimum atomic E-state index is -4.58. The molecule has 3 heterocycles. The third-order valence-electron chi connectivity index (χ3n) is 7.89. The summed E-state index contributed by atoms with van der Waals surface area (Å²) >= 11 is 0. The van der Waals surface area contributed by atoms with E-state index in [1.807, 2.05) is 78.9 Å². The summed E-state index contributed by atoms with van der Waals surface area (Å²) in [5, 5.41) is 1.17. The Morgan fingerprint density at radius 3 is 1.84 bits per heavy atom. The molecule has 0 unspecified atom stereocenters. The molecule has 0 N–H and O–H groups in total. The van der Waals surface area contributed by atoms with Crippen molar-refractivity contribution in [2.24, 2.45) is 0 Å². The SMILES string of the molecule is FC(F)(F)c1ccc2c(n1)oc1c(-c3nc4ccccc4n3-c3c(-c4ccccc4)cccc3-c3ccccc3)cccc12. The largest absolute Gasteiger partial charge is 0.437 e. The van der Waals surface area contributed by atoms with Gasteiger partial charge in [-0.1, -0.05) is 103 Å². The molecule has 0 radical (unpaired) electrons. The minimum Gasteiger partial charge on any atom is -0.437 e. The molecule has 0 saturated carbocycles. The number of furan rings is 1. The van der Waals surface area contributed by atoms with E-state index < -0.39 is 11.9 Å². The van der Waals surface area contributed by atoms with Gasteiger partial charge in [0.25, 0.3) is 0 Å². The molecular weight excluding hydrogens is 559 g/mol. The van der Waals surface area contributed by atoms with Crippen LogP contribution in [0.3, 0.4) is 0 Å². The van der Waals surface area contributed by atoms with Crippen LogP contribution in [0.4, 0.5) is 13.2 Å². The summed E-state index contributed by atoms with van der Waals surface area (Å²) in [5.41, 5.74) is 6.67. The van der Waals surface area contributed by atoms with E-state index in [2.05, 4.69) is 52.0 Å². The van der Waals surface area contributed by atoms with Gasteiger partial charge in [0.05, 0.1) is 22.3 Å². The van der Waals surface area contributed by atoms with Crippen LogP contribution in [0.25, 0.3) is 72.4 Å². The third-order valence-corrected chi connectivity index (χ3v) is 7.89. The fourth-order valence-corrected chi connectivity index (χ4v) is 5.93. The molecule has 0 atom stereocenters. The number of alkyl halides is 3. The molecule has 0 aliphatic rings. The fourth-order valence-electron chi connectivity index (χ4n) is 5.93. The second-order valence-corrected chi connectivity index (χ2v) is 10.5. The van der Waals surface area contributed by atoms with E-state index in [9.17, 15) is 13.2 Å². The second kappa shape index (κ2) is 9.95. The lowest BCUT2D eigenvalue weighted by Gasteiger charge is -2.19. The molecule has 0 saturated heterocycles. The summed E-state index contributed by atoms with van der Waals surface area (Å²) in [6.07, 6.45) is -4.58. The Hall–Kier alpha value is -5.69. The maximum Gasteiger partial charge on any atom is 0.433 e. The highest BCUT2D eigenvalue weighted by Crippen LogP contribution is 2.43. The monoisotopic (exact) mass is 581 g/mol. The Kier molecular flexibility index (Phi) is 5.87. The molecular formula is C37H22F3N3O. The standard InChI is InChI=1S/C37H22F3N3O/c38-37(39,40)32-22-21-28-27-17-10-18-29(34(27)44-36(28)42-32)35-41-30-19-7-8-20-31(30)43(35)33-25(23-11-3-1-4-12-23)15-9-16-26(33)24-13-5-2-6-14-24/h1-22H. The van der Waals surface area contributed by atoms with E-state index in [4.69, 9.17) is 9.40 Å². The van der Waals surface area contributed by atoms with Crippen LogP contribution >= 0.6 is 0 Å². The van der Waals surface area contributed by atoms with Gasteiger partial charge in [0, 0.05) is 21.9 Å². The Labute approximate surface area is 249 Å². The number of para-hydroxylation sites is 4. The topological polar surface area (TPSA) is 43.9 Å². The lowest BCUT2D eigenvalue weighted by atomic mass is 9.95. The molecule has 212 valence electrons. The zero-order valence-electron chi connectivity index (χ0n) is 23.1. The van der Waals surface area contributed by atoms with E-state index in [0.29, 0.717) is 27.7 Å².